The van der Waals surface area contributed by atoms with Gasteiger partial charge in [0, 0.05) is 0 Å². The number of allylic oxidation sites excluding steroid dienone is 2. The van der Waals surface area contributed by atoms with Gasteiger partial charge in [-0.15, -0.1) is 0 Å². The maximum absolute atomic E-state index is 4.05. The second-order valence-corrected chi connectivity index (χ2v) is 47.9. The molecule has 0 amide bonds. The molecule has 0 saturated heterocycles. The van der Waals surface area contributed by atoms with E-state index in [2.05, 4.69) is 191 Å². The fourth-order valence-electron chi connectivity index (χ4n) is 10.00. The normalized spacial score (nSPS) is 16.5. The maximum atomic E-state index is 2.82. The van der Waals surface area contributed by atoms with Crippen molar-refractivity contribution in [3.05, 3.63) is 177 Å². The summed E-state index contributed by atoms with van der Waals surface area (Å²) in [5.74, 6) is 0. The Morgan fingerprint density at radius 3 is 0.944 bits per heavy atom. The van der Waals surface area contributed by atoms with Gasteiger partial charge in [-0.2, -0.15) is 0 Å². The van der Waals surface area contributed by atoms with Gasteiger partial charge in [0.25, 0.3) is 0 Å². The average molecular weight is 798 g/mol. The van der Waals surface area contributed by atoms with E-state index in [0.717, 1.165) is 12.8 Å². The molecule has 2 unspecified atom stereocenters. The molecule has 2 aliphatic carbocycles. The molecule has 0 saturated carbocycles. The minimum absolute atomic E-state index is 0.409. The summed E-state index contributed by atoms with van der Waals surface area (Å²) in [6.07, 6.45) is 7.39. The van der Waals surface area contributed by atoms with Crippen LogP contribution in [0.3, 0.4) is 0 Å². The Kier molecular flexibility index (Phi) is 9.47. The Bertz CT molecular complexity index is 2360. The third kappa shape index (κ3) is 6.24. The molecule has 0 nitrogen and oxygen atoms in total. The molecule has 0 aliphatic heterocycles. The van der Waals surface area contributed by atoms with Crippen molar-refractivity contribution in [1.29, 1.82) is 0 Å². The van der Waals surface area contributed by atoms with Crippen molar-refractivity contribution < 1.29 is 17.4 Å². The van der Waals surface area contributed by atoms with Crippen molar-refractivity contribution in [2.45, 2.75) is 70.9 Å². The zero-order valence-corrected chi connectivity index (χ0v) is 37.3. The number of benzene rings is 6. The Morgan fingerprint density at radius 2 is 0.667 bits per heavy atom. The van der Waals surface area contributed by atoms with Crippen LogP contribution >= 0.6 is 0 Å². The number of hydrogen-bond acceptors (Lipinski definition) is 0. The number of hydrogen-bond donors (Lipinski definition) is 0. The molecule has 0 heterocycles. The van der Waals surface area contributed by atoms with Gasteiger partial charge >= 0.3 is 329 Å². The molecule has 0 aromatic heterocycles. The summed E-state index contributed by atoms with van der Waals surface area (Å²) in [7, 11) is 0. The van der Waals surface area contributed by atoms with Crippen LogP contribution in [0.2, 0.25) is 9.26 Å². The van der Waals surface area contributed by atoms with Crippen molar-refractivity contribution in [3.8, 4) is 44.5 Å². The molecule has 0 bridgehead atoms. The first-order chi connectivity index (χ1) is 25.9. The predicted molar refractivity (Wildman–Crippen MR) is 236 cm³/mol. The van der Waals surface area contributed by atoms with Gasteiger partial charge < -0.3 is 0 Å². The first kappa shape index (κ1) is 36.9. The van der Waals surface area contributed by atoms with E-state index in [4.69, 9.17) is 0 Å². The van der Waals surface area contributed by atoms with Crippen LogP contribution in [0.15, 0.2) is 132 Å². The van der Waals surface area contributed by atoms with Crippen LogP contribution in [0.25, 0.3) is 56.7 Å². The van der Waals surface area contributed by atoms with E-state index in [-0.39, 0.29) is 0 Å². The summed E-state index contributed by atoms with van der Waals surface area (Å²) in [4.78, 5) is 0. The first-order valence-corrected chi connectivity index (χ1v) is 33.6. The molecule has 2 heteroatoms. The summed E-state index contributed by atoms with van der Waals surface area (Å²) in [6.45, 7) is 16.1. The van der Waals surface area contributed by atoms with Crippen molar-refractivity contribution in [1.82, 2.24) is 0 Å². The molecule has 0 spiro atoms. The molecular formula is C52H54SiZr. The second kappa shape index (κ2) is 13.9. The Hall–Kier alpha value is -4.10. The predicted octanol–water partition coefficient (Wildman–Crippen LogP) is 14.3. The fourth-order valence-corrected chi connectivity index (χ4v) is 29.9. The molecule has 0 radical (unpaired) electrons. The van der Waals surface area contributed by atoms with Crippen LogP contribution in [0.1, 0.15) is 78.4 Å². The van der Waals surface area contributed by atoms with Crippen LogP contribution in [0, 0.1) is 27.7 Å². The number of aryl methyl sites for hydroxylation is 4. The van der Waals surface area contributed by atoms with Crippen LogP contribution < -0.4 is 0 Å². The van der Waals surface area contributed by atoms with Crippen LogP contribution in [0.5, 0.6) is 0 Å². The van der Waals surface area contributed by atoms with Gasteiger partial charge in [0.15, 0.2) is 0 Å². The molecule has 6 aromatic carbocycles. The molecule has 2 aliphatic rings. The Balaban J connectivity index is 1.42. The van der Waals surface area contributed by atoms with Crippen molar-refractivity contribution in [2.75, 3.05) is 0 Å². The Labute approximate surface area is 326 Å². The summed E-state index contributed by atoms with van der Waals surface area (Å²) in [6, 6.07) is 46.7. The molecule has 6 aromatic rings. The molecular weight excluding hydrogens is 744 g/mol. The van der Waals surface area contributed by atoms with E-state index < -0.39 is 17.4 Å². The first-order valence-electron chi connectivity index (χ1n) is 20.0. The molecule has 0 fully saturated rings. The average Bonchev–Trinajstić information content (AvgIpc) is 3.77. The zero-order chi connectivity index (χ0) is 38.0. The molecule has 2 atom stereocenters. The Morgan fingerprint density at radius 1 is 0.407 bits per heavy atom. The van der Waals surface area contributed by atoms with E-state index in [1.807, 2.05) is 0 Å². The molecule has 54 heavy (non-hydrogen) atoms. The summed E-state index contributed by atoms with van der Waals surface area (Å²) < 4.78 is 6.46. The van der Waals surface area contributed by atoms with Gasteiger partial charge in [0.2, 0.25) is 0 Å². The quantitative estimate of drug-likeness (QED) is 0.135. The van der Waals surface area contributed by atoms with Crippen LogP contribution in [0.4, 0.5) is 0 Å². The number of fused-ring (bicyclic) bond motifs is 2. The third-order valence-electron chi connectivity index (χ3n) is 12.7. The third-order valence-corrected chi connectivity index (χ3v) is 30.1. The van der Waals surface area contributed by atoms with E-state index in [1.54, 1.807) is 22.3 Å². The van der Waals surface area contributed by atoms with Gasteiger partial charge in [-0.1, -0.05) is 0 Å². The van der Waals surface area contributed by atoms with Gasteiger partial charge in [-0.05, 0) is 0 Å². The van der Waals surface area contributed by atoms with Crippen LogP contribution in [-0.2, 0) is 17.4 Å². The van der Waals surface area contributed by atoms with Crippen molar-refractivity contribution >= 4 is 19.0 Å². The summed E-state index contributed by atoms with van der Waals surface area (Å²) >= 11 is -4.05. The SMILES string of the molecule is CCC1=Cc2c(-c3ccc(C)cc3)ccc(-c3ccc(C)cc3)c2[CH]1[Zr]([CH3])([CH3])(=[SiH2])[CH]1C(CC)=Cc2c(-c3ccc(C)cc3)ccc(-c3ccc(C)cc3)c21. The van der Waals surface area contributed by atoms with Crippen molar-refractivity contribution in [3.63, 3.8) is 0 Å². The fraction of sp³-hybridized carbons (Fsp3) is 0.231. The standard InChI is InChI=1S/2C25H23.2CH3.H2Si.Zr/c2*1-4-19-15-24-22(20-9-5-17(2)6-10-20)13-14-23(25(24)16-19)21-11-7-18(3)8-12-21;;;;/h2*5-16H,4H2,1-3H3;2*1H3;1H2;. The van der Waals surface area contributed by atoms with Crippen LogP contribution in [-0.4, -0.2) is 6.88 Å². The summed E-state index contributed by atoms with van der Waals surface area (Å²) in [5, 5.41) is 0. The minimum atomic E-state index is -4.05. The van der Waals surface area contributed by atoms with Gasteiger partial charge in [-0.3, -0.25) is 0 Å². The van der Waals surface area contributed by atoms with E-state index in [0.29, 0.717) is 7.25 Å². The molecule has 0 N–H and O–H groups in total. The topological polar surface area (TPSA) is 0 Å². The monoisotopic (exact) mass is 796 g/mol. The van der Waals surface area contributed by atoms with E-state index in [9.17, 15) is 0 Å². The van der Waals surface area contributed by atoms with E-state index >= 15 is 0 Å². The zero-order valence-electron chi connectivity index (χ0n) is 33.5. The van der Waals surface area contributed by atoms with Gasteiger partial charge in [-0.25, -0.2) is 0 Å². The molecule has 270 valence electrons. The second-order valence-electron chi connectivity index (χ2n) is 17.4. The van der Waals surface area contributed by atoms with Crippen molar-refractivity contribution in [2.24, 2.45) is 0 Å². The van der Waals surface area contributed by atoms with Gasteiger partial charge in [0.1, 0.15) is 0 Å². The number of rotatable bonds is 8. The molecule has 8 rings (SSSR count). The van der Waals surface area contributed by atoms with E-state index in [1.165, 1.54) is 77.9 Å². The summed E-state index contributed by atoms with van der Waals surface area (Å²) in [5.41, 5.74) is 25.3. The van der Waals surface area contributed by atoms with Gasteiger partial charge in [0.05, 0.1) is 0 Å².